The number of nitriles is 1. The third-order valence-electron chi connectivity index (χ3n) is 6.07. The second-order valence-electron chi connectivity index (χ2n) is 8.20. The van der Waals surface area contributed by atoms with Gasteiger partial charge >= 0.3 is 6.18 Å². The van der Waals surface area contributed by atoms with Gasteiger partial charge in [-0.1, -0.05) is 6.42 Å². The average molecular weight is 475 g/mol. The number of hydrogen-bond donors (Lipinski definition) is 2. The second-order valence-corrected chi connectivity index (χ2v) is 9.30. The molecule has 3 aromatic heterocycles. The molecule has 2 unspecified atom stereocenters. The lowest BCUT2D eigenvalue weighted by Crippen LogP contribution is -2.35. The zero-order chi connectivity index (χ0) is 23.2. The maximum Gasteiger partial charge on any atom is 0.410 e. The molecule has 4 heterocycles. The molecule has 7 nitrogen and oxygen atoms in total. The van der Waals surface area contributed by atoms with Crippen molar-refractivity contribution in [1.29, 1.82) is 5.26 Å². The van der Waals surface area contributed by atoms with Gasteiger partial charge in [-0.05, 0) is 43.4 Å². The molecular weight excluding hydrogens is 455 g/mol. The molecule has 1 aliphatic heterocycles. The highest BCUT2D eigenvalue weighted by Crippen LogP contribution is 2.44. The highest BCUT2D eigenvalue weighted by atomic mass is 32.1. The summed E-state index contributed by atoms with van der Waals surface area (Å²) in [7, 11) is 0. The first kappa shape index (κ1) is 21.6. The van der Waals surface area contributed by atoms with Gasteiger partial charge in [-0.25, -0.2) is 4.68 Å². The zero-order valence-electron chi connectivity index (χ0n) is 17.4. The number of halogens is 3. The molecule has 2 N–H and O–H groups in total. The Balaban J connectivity index is 1.44. The molecule has 1 aliphatic carbocycles. The third-order valence-corrected chi connectivity index (χ3v) is 7.28. The number of rotatable bonds is 3. The molecule has 0 bridgehead atoms. The predicted octanol–water partition coefficient (Wildman–Crippen LogP) is 5.59. The first-order valence-corrected chi connectivity index (χ1v) is 11.5. The number of nitrogens with one attached hydrogen (secondary N) is 2. The van der Waals surface area contributed by atoms with Crippen LogP contribution in [0.25, 0.3) is 0 Å². The molecule has 11 heteroatoms. The summed E-state index contributed by atoms with van der Waals surface area (Å²) in [6.45, 7) is 0. The average Bonchev–Trinajstić information content (AvgIpc) is 3.48. The minimum absolute atomic E-state index is 0.0811. The fraction of sp³-hybridized carbons (Fsp3) is 0.409. The Bertz CT molecular complexity index is 1220. The van der Waals surface area contributed by atoms with Crippen molar-refractivity contribution in [2.45, 2.75) is 56.8 Å². The van der Waals surface area contributed by atoms with Crippen LogP contribution < -0.4 is 10.6 Å². The third kappa shape index (κ3) is 3.99. The number of aryl methyl sites for hydroxylation is 1. The van der Waals surface area contributed by atoms with E-state index < -0.39 is 24.2 Å². The number of nitrogens with zero attached hydrogens (tertiary/aromatic N) is 3. The van der Waals surface area contributed by atoms with Crippen LogP contribution in [0.3, 0.4) is 0 Å². The summed E-state index contributed by atoms with van der Waals surface area (Å²) in [5.74, 6) is -0.193. The molecule has 0 radical (unpaired) electrons. The summed E-state index contributed by atoms with van der Waals surface area (Å²) >= 11 is 1.36. The van der Waals surface area contributed by atoms with Gasteiger partial charge in [-0.3, -0.25) is 4.79 Å². The van der Waals surface area contributed by atoms with E-state index in [0.717, 1.165) is 47.2 Å². The van der Waals surface area contributed by atoms with Crippen LogP contribution in [0.2, 0.25) is 0 Å². The van der Waals surface area contributed by atoms with Crippen molar-refractivity contribution < 1.29 is 22.4 Å². The number of thiophene rings is 1. The van der Waals surface area contributed by atoms with Crippen LogP contribution in [0.5, 0.6) is 0 Å². The Kier molecular flexibility index (Phi) is 5.40. The van der Waals surface area contributed by atoms with E-state index in [0.29, 0.717) is 16.3 Å². The van der Waals surface area contributed by atoms with Gasteiger partial charge in [0.15, 0.2) is 11.7 Å². The van der Waals surface area contributed by atoms with E-state index in [1.807, 2.05) is 0 Å². The van der Waals surface area contributed by atoms with Crippen LogP contribution in [0.1, 0.15) is 70.0 Å². The number of hydrogen-bond acceptors (Lipinski definition) is 6. The fourth-order valence-electron chi connectivity index (χ4n) is 4.48. The van der Waals surface area contributed by atoms with Gasteiger partial charge in [-0.2, -0.15) is 23.5 Å². The Morgan fingerprint density at radius 3 is 2.88 bits per heavy atom. The first-order chi connectivity index (χ1) is 15.8. The van der Waals surface area contributed by atoms with Crippen LogP contribution in [-0.2, 0) is 12.8 Å². The van der Waals surface area contributed by atoms with Crippen molar-refractivity contribution in [2.24, 2.45) is 0 Å². The molecule has 0 fully saturated rings. The lowest BCUT2D eigenvalue weighted by Gasteiger charge is -2.32. The van der Waals surface area contributed by atoms with Gasteiger partial charge in [0.25, 0.3) is 5.91 Å². The number of anilines is 2. The molecule has 0 spiro atoms. The number of alkyl halides is 3. The number of furan rings is 1. The van der Waals surface area contributed by atoms with Gasteiger partial charge in [0.1, 0.15) is 22.6 Å². The topological polar surface area (TPSA) is 95.9 Å². The van der Waals surface area contributed by atoms with Gasteiger partial charge in [0, 0.05) is 17.4 Å². The first-order valence-electron chi connectivity index (χ1n) is 10.7. The maximum absolute atomic E-state index is 13.8. The van der Waals surface area contributed by atoms with Crippen LogP contribution in [-0.4, -0.2) is 21.9 Å². The molecule has 1 amide bonds. The normalized spacial score (nSPS) is 20.2. The largest absolute Gasteiger partial charge is 0.467 e. The van der Waals surface area contributed by atoms with Crippen LogP contribution in [0, 0.1) is 11.3 Å². The van der Waals surface area contributed by atoms with Gasteiger partial charge in [0.2, 0.25) is 0 Å². The van der Waals surface area contributed by atoms with E-state index in [-0.39, 0.29) is 17.9 Å². The Morgan fingerprint density at radius 2 is 2.15 bits per heavy atom. The molecule has 33 heavy (non-hydrogen) atoms. The van der Waals surface area contributed by atoms with E-state index >= 15 is 0 Å². The molecule has 3 aromatic rings. The van der Waals surface area contributed by atoms with Gasteiger partial charge in [0.05, 0.1) is 17.9 Å². The van der Waals surface area contributed by atoms with E-state index in [4.69, 9.17) is 4.42 Å². The SMILES string of the molecule is N#Cc1c(NC(=O)c2cc3n(n2)C(C(F)(F)F)CC(c2ccco2)N3)sc2c1CCCCC2. The van der Waals surface area contributed by atoms with E-state index in [9.17, 15) is 23.2 Å². The Labute approximate surface area is 191 Å². The van der Waals surface area contributed by atoms with Crippen LogP contribution in [0.15, 0.2) is 28.9 Å². The van der Waals surface area contributed by atoms with Crippen molar-refractivity contribution in [2.75, 3.05) is 10.6 Å². The molecule has 172 valence electrons. The van der Waals surface area contributed by atoms with Crippen LogP contribution in [0.4, 0.5) is 24.0 Å². The summed E-state index contributed by atoms with van der Waals surface area (Å²) in [5, 5.41) is 19.8. The standard InChI is InChI=1S/C22H20F3N5O2S/c23-22(24,25)18-9-14(16-6-4-8-32-16)27-19-10-15(29-30(18)19)20(31)28-21-13(11-26)12-5-2-1-3-7-17(12)33-21/h4,6,8,10,14,18,27H,1-3,5,7,9H2,(H,28,31). The van der Waals surface area contributed by atoms with Crippen molar-refractivity contribution in [3.63, 3.8) is 0 Å². The molecule has 0 saturated heterocycles. The minimum Gasteiger partial charge on any atom is -0.467 e. The second kappa shape index (κ2) is 8.26. The van der Waals surface area contributed by atoms with Crippen LogP contribution >= 0.6 is 11.3 Å². The van der Waals surface area contributed by atoms with E-state index in [2.05, 4.69) is 21.8 Å². The fourth-order valence-corrected chi connectivity index (χ4v) is 5.71. The predicted molar refractivity (Wildman–Crippen MR) is 115 cm³/mol. The van der Waals surface area contributed by atoms with Crippen molar-refractivity contribution >= 4 is 28.1 Å². The van der Waals surface area contributed by atoms with Crippen molar-refractivity contribution in [1.82, 2.24) is 9.78 Å². The molecule has 0 saturated carbocycles. The number of carbonyl (C=O) groups is 1. The summed E-state index contributed by atoms with van der Waals surface area (Å²) in [4.78, 5) is 14.0. The lowest BCUT2D eigenvalue weighted by atomic mass is 10.0. The zero-order valence-corrected chi connectivity index (χ0v) is 18.2. The molecular formula is C22H20F3N5O2S. The molecule has 2 aliphatic rings. The number of carbonyl (C=O) groups excluding carboxylic acids is 1. The number of fused-ring (bicyclic) bond motifs is 2. The van der Waals surface area contributed by atoms with Crippen molar-refractivity contribution in [3.05, 3.63) is 51.9 Å². The molecule has 0 aromatic carbocycles. The Morgan fingerprint density at radius 1 is 1.33 bits per heavy atom. The number of aromatic nitrogens is 2. The van der Waals surface area contributed by atoms with E-state index in [1.54, 1.807) is 12.1 Å². The summed E-state index contributed by atoms with van der Waals surface area (Å²) in [6, 6.07) is 4.09. The monoisotopic (exact) mass is 475 g/mol. The summed E-state index contributed by atoms with van der Waals surface area (Å²) in [6.07, 6.45) is 1.29. The van der Waals surface area contributed by atoms with E-state index in [1.165, 1.54) is 23.7 Å². The highest BCUT2D eigenvalue weighted by Gasteiger charge is 2.47. The Hall–Kier alpha value is -3.26. The van der Waals surface area contributed by atoms with Gasteiger partial charge in [-0.15, -0.1) is 11.3 Å². The van der Waals surface area contributed by atoms with Gasteiger partial charge < -0.3 is 15.1 Å². The minimum atomic E-state index is -4.55. The maximum atomic E-state index is 13.8. The summed E-state index contributed by atoms with van der Waals surface area (Å²) in [5.41, 5.74) is 1.26. The highest BCUT2D eigenvalue weighted by molar-refractivity contribution is 7.16. The lowest BCUT2D eigenvalue weighted by molar-refractivity contribution is -0.174. The molecule has 2 atom stereocenters. The van der Waals surface area contributed by atoms with Crippen molar-refractivity contribution in [3.8, 4) is 6.07 Å². The molecule has 5 rings (SSSR count). The number of amides is 1. The summed E-state index contributed by atoms with van der Waals surface area (Å²) < 4.78 is 47.5. The smallest absolute Gasteiger partial charge is 0.410 e. The quantitative estimate of drug-likeness (QED) is 0.482.